The number of likely N-dealkylation sites (N-methyl/N-ethyl adjacent to an activating group) is 1. The van der Waals surface area contributed by atoms with E-state index in [1.165, 1.54) is 42.6 Å². The average Bonchev–Trinajstić information content (AvgIpc) is 2.74. The van der Waals surface area contributed by atoms with E-state index >= 15 is 0 Å². The lowest BCUT2D eigenvalue weighted by Crippen LogP contribution is -2.52. The normalized spacial score (nSPS) is 22.0. The minimum Gasteiger partial charge on any atom is -0.381 e. The van der Waals surface area contributed by atoms with Gasteiger partial charge in [0.25, 0.3) is 0 Å². The lowest BCUT2D eigenvalue weighted by molar-refractivity contribution is 0.429. The van der Waals surface area contributed by atoms with E-state index in [0.29, 0.717) is 5.54 Å². The van der Waals surface area contributed by atoms with Crippen molar-refractivity contribution in [2.75, 3.05) is 23.8 Å². The van der Waals surface area contributed by atoms with Gasteiger partial charge in [0.05, 0.1) is 16.9 Å². The summed E-state index contributed by atoms with van der Waals surface area (Å²) < 4.78 is 0. The largest absolute Gasteiger partial charge is 0.381 e. The average molecular weight is 216 g/mol. The van der Waals surface area contributed by atoms with Crippen LogP contribution in [-0.4, -0.2) is 19.1 Å². The highest BCUT2D eigenvalue weighted by atomic mass is 15.2. The molecule has 1 aromatic carbocycles. The fourth-order valence-electron chi connectivity index (χ4n) is 3.26. The Hall–Kier alpha value is -1.18. The van der Waals surface area contributed by atoms with Gasteiger partial charge < -0.3 is 10.2 Å². The van der Waals surface area contributed by atoms with Gasteiger partial charge in [-0.2, -0.15) is 0 Å². The molecular weight excluding hydrogens is 196 g/mol. The molecule has 0 radical (unpaired) electrons. The summed E-state index contributed by atoms with van der Waals surface area (Å²) in [6, 6.07) is 6.73. The summed E-state index contributed by atoms with van der Waals surface area (Å²) in [5.41, 5.74) is 4.41. The Balaban J connectivity index is 2.01. The van der Waals surface area contributed by atoms with Gasteiger partial charge in [-0.3, -0.25) is 0 Å². The fraction of sp³-hybridized carbons (Fsp3) is 0.571. The quantitative estimate of drug-likeness (QED) is 0.716. The third-order valence-electron chi connectivity index (χ3n) is 4.37. The Labute approximate surface area is 97.6 Å². The van der Waals surface area contributed by atoms with Gasteiger partial charge in [-0.05, 0) is 37.5 Å². The van der Waals surface area contributed by atoms with Crippen molar-refractivity contribution in [3.63, 3.8) is 0 Å². The molecule has 0 saturated heterocycles. The van der Waals surface area contributed by atoms with Gasteiger partial charge in [-0.1, -0.05) is 18.9 Å². The zero-order valence-electron chi connectivity index (χ0n) is 10.2. The molecule has 0 atom stereocenters. The first-order valence-corrected chi connectivity index (χ1v) is 6.30. The van der Waals surface area contributed by atoms with Crippen molar-refractivity contribution in [1.29, 1.82) is 0 Å². The first kappa shape index (κ1) is 10.0. The van der Waals surface area contributed by atoms with Crippen molar-refractivity contribution in [3.05, 3.63) is 23.8 Å². The monoisotopic (exact) mass is 216 g/mol. The van der Waals surface area contributed by atoms with Gasteiger partial charge in [0.2, 0.25) is 0 Å². The maximum absolute atomic E-state index is 3.62. The number of fused-ring (bicyclic) bond motifs is 1. The minimum absolute atomic E-state index is 0.391. The molecule has 2 heteroatoms. The second-order valence-corrected chi connectivity index (χ2v) is 5.36. The molecule has 2 nitrogen and oxygen atoms in total. The number of hydrogen-bond acceptors (Lipinski definition) is 2. The number of hydrogen-bond donors (Lipinski definition) is 1. The zero-order valence-corrected chi connectivity index (χ0v) is 10.2. The van der Waals surface area contributed by atoms with Gasteiger partial charge in [-0.25, -0.2) is 0 Å². The van der Waals surface area contributed by atoms with E-state index in [4.69, 9.17) is 0 Å². The fourth-order valence-corrected chi connectivity index (χ4v) is 3.26. The highest BCUT2D eigenvalue weighted by Crippen LogP contribution is 2.43. The molecule has 0 bridgehead atoms. The van der Waals surface area contributed by atoms with Crippen LogP contribution in [-0.2, 0) is 0 Å². The van der Waals surface area contributed by atoms with E-state index in [0.717, 1.165) is 6.54 Å². The minimum atomic E-state index is 0.391. The van der Waals surface area contributed by atoms with E-state index in [1.807, 2.05) is 0 Å². The van der Waals surface area contributed by atoms with Crippen molar-refractivity contribution < 1.29 is 0 Å². The van der Waals surface area contributed by atoms with Crippen LogP contribution in [0.5, 0.6) is 0 Å². The summed E-state index contributed by atoms with van der Waals surface area (Å²) in [5, 5.41) is 3.62. The van der Waals surface area contributed by atoms with Gasteiger partial charge >= 0.3 is 0 Å². The number of nitrogens with one attached hydrogen (secondary N) is 1. The maximum atomic E-state index is 3.62. The van der Waals surface area contributed by atoms with Crippen molar-refractivity contribution in [3.8, 4) is 0 Å². The van der Waals surface area contributed by atoms with Crippen LogP contribution < -0.4 is 10.2 Å². The van der Waals surface area contributed by atoms with E-state index < -0.39 is 0 Å². The van der Waals surface area contributed by atoms with Crippen molar-refractivity contribution in [2.45, 2.75) is 38.1 Å². The van der Waals surface area contributed by atoms with Gasteiger partial charge in [-0.15, -0.1) is 0 Å². The van der Waals surface area contributed by atoms with Crippen molar-refractivity contribution in [2.24, 2.45) is 0 Å². The number of rotatable bonds is 0. The van der Waals surface area contributed by atoms with Crippen molar-refractivity contribution in [1.82, 2.24) is 0 Å². The van der Waals surface area contributed by atoms with Crippen LogP contribution in [0, 0.1) is 6.92 Å². The van der Waals surface area contributed by atoms with Crippen LogP contribution in [0.25, 0.3) is 0 Å². The summed E-state index contributed by atoms with van der Waals surface area (Å²) in [6.45, 7) is 3.27. The molecule has 16 heavy (non-hydrogen) atoms. The molecule has 1 aromatic rings. The number of aryl methyl sites for hydroxylation is 1. The first-order chi connectivity index (χ1) is 7.71. The van der Waals surface area contributed by atoms with Crippen LogP contribution in [0.15, 0.2) is 18.2 Å². The van der Waals surface area contributed by atoms with E-state index in [1.54, 1.807) is 0 Å². The molecule has 1 heterocycles. The Bertz CT molecular complexity index is 405. The zero-order chi connectivity index (χ0) is 11.2. The molecule has 1 spiro atoms. The summed E-state index contributed by atoms with van der Waals surface area (Å²) in [4.78, 5) is 2.52. The number of anilines is 2. The van der Waals surface area contributed by atoms with Crippen LogP contribution in [0.1, 0.15) is 31.2 Å². The SMILES string of the molecule is Cc1ccc2c(c1)NCC1(CCCC1)N2C. The predicted molar refractivity (Wildman–Crippen MR) is 69.3 cm³/mol. The van der Waals surface area contributed by atoms with Crippen LogP contribution in [0.2, 0.25) is 0 Å². The van der Waals surface area contributed by atoms with Crippen LogP contribution in [0.3, 0.4) is 0 Å². The Morgan fingerprint density at radius 1 is 1.25 bits per heavy atom. The highest BCUT2D eigenvalue weighted by molar-refractivity contribution is 5.74. The lowest BCUT2D eigenvalue weighted by Gasteiger charge is -2.45. The number of nitrogens with zero attached hydrogens (tertiary/aromatic N) is 1. The van der Waals surface area contributed by atoms with E-state index in [-0.39, 0.29) is 0 Å². The molecule has 1 aliphatic carbocycles. The smallest absolute Gasteiger partial charge is 0.0604 e. The van der Waals surface area contributed by atoms with E-state index in [2.05, 4.69) is 42.4 Å². The Morgan fingerprint density at radius 2 is 2.00 bits per heavy atom. The standard InChI is InChI=1S/C14H20N2/c1-11-5-6-13-12(9-11)15-10-14(16(13)2)7-3-4-8-14/h5-6,9,15H,3-4,7-8,10H2,1-2H3. The predicted octanol–water partition coefficient (Wildman–Crippen LogP) is 3.17. The van der Waals surface area contributed by atoms with Crippen LogP contribution in [0.4, 0.5) is 11.4 Å². The third kappa shape index (κ3) is 1.32. The van der Waals surface area contributed by atoms with E-state index in [9.17, 15) is 0 Å². The Morgan fingerprint density at radius 3 is 2.75 bits per heavy atom. The third-order valence-corrected chi connectivity index (χ3v) is 4.37. The molecule has 1 N–H and O–H groups in total. The van der Waals surface area contributed by atoms with Gasteiger partial charge in [0, 0.05) is 13.6 Å². The Kier molecular flexibility index (Phi) is 2.13. The topological polar surface area (TPSA) is 15.3 Å². The molecule has 0 aromatic heterocycles. The highest BCUT2D eigenvalue weighted by Gasteiger charge is 2.40. The molecule has 0 amide bonds. The maximum Gasteiger partial charge on any atom is 0.0604 e. The second kappa shape index (κ2) is 3.41. The molecular formula is C14H20N2. The molecule has 1 fully saturated rings. The number of benzene rings is 1. The molecule has 2 aliphatic rings. The lowest BCUT2D eigenvalue weighted by atomic mass is 9.91. The molecule has 1 aliphatic heterocycles. The summed E-state index contributed by atoms with van der Waals surface area (Å²) in [6.07, 6.45) is 5.44. The van der Waals surface area contributed by atoms with Crippen molar-refractivity contribution >= 4 is 11.4 Å². The second-order valence-electron chi connectivity index (χ2n) is 5.36. The van der Waals surface area contributed by atoms with Gasteiger partial charge in [0.1, 0.15) is 0 Å². The molecule has 3 rings (SSSR count). The summed E-state index contributed by atoms with van der Waals surface area (Å²) in [7, 11) is 2.26. The van der Waals surface area contributed by atoms with Crippen LogP contribution >= 0.6 is 0 Å². The first-order valence-electron chi connectivity index (χ1n) is 6.30. The summed E-state index contributed by atoms with van der Waals surface area (Å²) in [5.74, 6) is 0. The summed E-state index contributed by atoms with van der Waals surface area (Å²) >= 11 is 0. The molecule has 0 unspecified atom stereocenters. The molecule has 86 valence electrons. The van der Waals surface area contributed by atoms with Gasteiger partial charge in [0.15, 0.2) is 0 Å². The molecule has 1 saturated carbocycles.